The van der Waals surface area contributed by atoms with Gasteiger partial charge in [0.25, 0.3) is 6.02 Å². The van der Waals surface area contributed by atoms with Gasteiger partial charge in [-0.2, -0.15) is 0 Å². The van der Waals surface area contributed by atoms with Crippen LogP contribution in [0.1, 0.15) is 35.4 Å². The fourth-order valence-electron chi connectivity index (χ4n) is 4.27. The number of hydrogen-bond donors (Lipinski definition) is 1. The number of aliphatic imine (C=N–C) groups is 1. The second-order valence-corrected chi connectivity index (χ2v) is 6.80. The molecule has 0 aliphatic carbocycles. The number of amidine groups is 1. The maximum absolute atomic E-state index is 6.23. The molecule has 1 saturated heterocycles. The molecule has 128 valence electrons. The molecule has 0 amide bonds. The van der Waals surface area contributed by atoms with Gasteiger partial charge in [0.2, 0.25) is 0 Å². The zero-order valence-electron chi connectivity index (χ0n) is 13.9. The molecule has 1 spiro atoms. The van der Waals surface area contributed by atoms with Crippen molar-refractivity contribution in [2.24, 2.45) is 10.7 Å². The summed E-state index contributed by atoms with van der Waals surface area (Å²) in [6.45, 7) is 1.99. The van der Waals surface area contributed by atoms with Gasteiger partial charge in [-0.3, -0.25) is 0 Å². The maximum atomic E-state index is 6.23. The number of ether oxygens (including phenoxy) is 3. The SMILES string of the molecule is NC1=NC2(CO1)c1ccccc1Oc1cccc(C3CCOCC3)c12. The first-order chi connectivity index (χ1) is 12.3. The highest BCUT2D eigenvalue weighted by Gasteiger charge is 2.48. The van der Waals surface area contributed by atoms with Crippen LogP contribution in [0.2, 0.25) is 0 Å². The van der Waals surface area contributed by atoms with Crippen molar-refractivity contribution in [3.8, 4) is 11.5 Å². The lowest BCUT2D eigenvalue weighted by Crippen LogP contribution is -2.33. The predicted molar refractivity (Wildman–Crippen MR) is 94.1 cm³/mol. The molecular formula is C20H20N2O3. The van der Waals surface area contributed by atoms with Crippen molar-refractivity contribution in [2.45, 2.75) is 24.3 Å². The molecule has 0 radical (unpaired) electrons. The van der Waals surface area contributed by atoms with Crippen LogP contribution in [0.5, 0.6) is 11.5 Å². The summed E-state index contributed by atoms with van der Waals surface area (Å²) in [5.74, 6) is 2.11. The third kappa shape index (κ3) is 2.15. The van der Waals surface area contributed by atoms with Crippen LogP contribution in [0, 0.1) is 0 Å². The summed E-state index contributed by atoms with van der Waals surface area (Å²) < 4.78 is 17.4. The minimum Gasteiger partial charge on any atom is -0.462 e. The fourth-order valence-corrected chi connectivity index (χ4v) is 4.27. The molecule has 5 nitrogen and oxygen atoms in total. The number of para-hydroxylation sites is 1. The van der Waals surface area contributed by atoms with Crippen LogP contribution in [-0.2, 0) is 15.0 Å². The summed E-state index contributed by atoms with van der Waals surface area (Å²) in [5.41, 5.74) is 8.72. The van der Waals surface area contributed by atoms with Crippen molar-refractivity contribution in [1.29, 1.82) is 0 Å². The van der Waals surface area contributed by atoms with E-state index in [1.807, 2.05) is 24.3 Å². The highest BCUT2D eigenvalue weighted by atomic mass is 16.5. The number of nitrogens with zero attached hydrogens (tertiary/aromatic N) is 1. The first-order valence-electron chi connectivity index (χ1n) is 8.74. The van der Waals surface area contributed by atoms with Crippen molar-refractivity contribution in [2.75, 3.05) is 19.8 Å². The number of nitrogens with two attached hydrogens (primary N) is 1. The Morgan fingerprint density at radius 1 is 1.00 bits per heavy atom. The van der Waals surface area contributed by atoms with E-state index < -0.39 is 5.54 Å². The number of fused-ring (bicyclic) bond motifs is 4. The fraction of sp³-hybridized carbons (Fsp3) is 0.350. The largest absolute Gasteiger partial charge is 0.462 e. The molecule has 1 fully saturated rings. The summed E-state index contributed by atoms with van der Waals surface area (Å²) in [5, 5.41) is 0. The van der Waals surface area contributed by atoms with Gasteiger partial charge in [-0.1, -0.05) is 30.3 Å². The molecule has 3 heterocycles. The molecule has 2 aromatic rings. The van der Waals surface area contributed by atoms with E-state index in [4.69, 9.17) is 24.9 Å². The van der Waals surface area contributed by atoms with Crippen LogP contribution in [0.15, 0.2) is 47.5 Å². The molecule has 2 N–H and O–H groups in total. The van der Waals surface area contributed by atoms with Gasteiger partial charge in [0.05, 0.1) is 0 Å². The zero-order valence-corrected chi connectivity index (χ0v) is 13.9. The second-order valence-electron chi connectivity index (χ2n) is 6.80. The van der Waals surface area contributed by atoms with E-state index in [9.17, 15) is 0 Å². The van der Waals surface area contributed by atoms with Gasteiger partial charge in [0, 0.05) is 24.3 Å². The molecule has 1 atom stereocenters. The lowest BCUT2D eigenvalue weighted by atomic mass is 9.75. The van der Waals surface area contributed by atoms with E-state index >= 15 is 0 Å². The Morgan fingerprint density at radius 2 is 1.80 bits per heavy atom. The maximum Gasteiger partial charge on any atom is 0.283 e. The van der Waals surface area contributed by atoms with Crippen molar-refractivity contribution in [3.05, 3.63) is 59.2 Å². The monoisotopic (exact) mass is 336 g/mol. The normalized spacial score (nSPS) is 24.9. The van der Waals surface area contributed by atoms with E-state index in [0.717, 1.165) is 48.7 Å². The highest BCUT2D eigenvalue weighted by Crippen LogP contribution is 2.53. The first-order valence-corrected chi connectivity index (χ1v) is 8.74. The van der Waals surface area contributed by atoms with E-state index in [-0.39, 0.29) is 6.02 Å². The number of hydrogen-bond acceptors (Lipinski definition) is 5. The Bertz CT molecular complexity index is 858. The summed E-state index contributed by atoms with van der Waals surface area (Å²) in [6, 6.07) is 14.5. The van der Waals surface area contributed by atoms with Crippen LogP contribution < -0.4 is 10.5 Å². The first kappa shape index (κ1) is 14.8. The Kier molecular flexibility index (Phi) is 3.25. The summed E-state index contributed by atoms with van der Waals surface area (Å²) in [4.78, 5) is 4.78. The molecule has 0 bridgehead atoms. The number of benzene rings is 2. The smallest absolute Gasteiger partial charge is 0.283 e. The molecule has 2 aromatic carbocycles. The van der Waals surface area contributed by atoms with Gasteiger partial charge in [0.15, 0.2) is 5.54 Å². The Morgan fingerprint density at radius 3 is 2.60 bits per heavy atom. The standard InChI is InChI=1S/C20H20N2O3/c21-19-22-20(12-24-19)15-5-1-2-6-16(15)25-17-7-3-4-14(18(17)20)13-8-10-23-11-9-13/h1-7,13H,8-12H2,(H2,21,22). The summed E-state index contributed by atoms with van der Waals surface area (Å²) in [6.07, 6.45) is 2.02. The minimum atomic E-state index is -0.622. The van der Waals surface area contributed by atoms with Gasteiger partial charge in [-0.15, -0.1) is 0 Å². The second kappa shape index (κ2) is 5.49. The van der Waals surface area contributed by atoms with Gasteiger partial charge < -0.3 is 19.9 Å². The molecule has 5 heteroatoms. The highest BCUT2D eigenvalue weighted by molar-refractivity contribution is 5.77. The topological polar surface area (TPSA) is 66.1 Å². The predicted octanol–water partition coefficient (Wildman–Crippen LogP) is 3.27. The summed E-state index contributed by atoms with van der Waals surface area (Å²) >= 11 is 0. The van der Waals surface area contributed by atoms with Gasteiger partial charge in [-0.05, 0) is 36.5 Å². The van der Waals surface area contributed by atoms with Crippen molar-refractivity contribution < 1.29 is 14.2 Å². The lowest BCUT2D eigenvalue weighted by Gasteiger charge is -2.37. The lowest BCUT2D eigenvalue weighted by molar-refractivity contribution is 0.0848. The third-order valence-electron chi connectivity index (χ3n) is 5.42. The van der Waals surface area contributed by atoms with Crippen molar-refractivity contribution >= 4 is 6.02 Å². The molecule has 25 heavy (non-hydrogen) atoms. The van der Waals surface area contributed by atoms with Crippen LogP contribution >= 0.6 is 0 Å². The average molecular weight is 336 g/mol. The average Bonchev–Trinajstić information content (AvgIpc) is 3.04. The van der Waals surface area contributed by atoms with Crippen LogP contribution in [0.25, 0.3) is 0 Å². The van der Waals surface area contributed by atoms with Crippen LogP contribution in [0.3, 0.4) is 0 Å². The molecule has 3 aliphatic rings. The van der Waals surface area contributed by atoms with E-state index in [1.54, 1.807) is 0 Å². The molecule has 5 rings (SSSR count). The molecule has 0 aromatic heterocycles. The Labute approximate surface area is 146 Å². The van der Waals surface area contributed by atoms with E-state index in [1.165, 1.54) is 5.56 Å². The van der Waals surface area contributed by atoms with Gasteiger partial charge in [-0.25, -0.2) is 4.99 Å². The quantitative estimate of drug-likeness (QED) is 0.868. The molecule has 3 aliphatic heterocycles. The van der Waals surface area contributed by atoms with Crippen molar-refractivity contribution in [3.63, 3.8) is 0 Å². The van der Waals surface area contributed by atoms with Crippen LogP contribution in [-0.4, -0.2) is 25.8 Å². The van der Waals surface area contributed by atoms with Gasteiger partial charge >= 0.3 is 0 Å². The minimum absolute atomic E-state index is 0.240. The third-order valence-corrected chi connectivity index (χ3v) is 5.42. The van der Waals surface area contributed by atoms with Crippen LogP contribution in [0.4, 0.5) is 0 Å². The molecule has 1 unspecified atom stereocenters. The van der Waals surface area contributed by atoms with Crippen molar-refractivity contribution in [1.82, 2.24) is 0 Å². The summed E-state index contributed by atoms with van der Waals surface area (Å²) in [7, 11) is 0. The van der Waals surface area contributed by atoms with E-state index in [0.29, 0.717) is 12.5 Å². The molecular weight excluding hydrogens is 316 g/mol. The Balaban J connectivity index is 1.75. The van der Waals surface area contributed by atoms with E-state index in [2.05, 4.69) is 18.2 Å². The zero-order chi connectivity index (χ0) is 16.9. The number of rotatable bonds is 1. The molecule has 0 saturated carbocycles. The van der Waals surface area contributed by atoms with Gasteiger partial charge in [0.1, 0.15) is 18.1 Å². The Hall–Kier alpha value is -2.53.